The predicted octanol–water partition coefficient (Wildman–Crippen LogP) is 3.19. The van der Waals surface area contributed by atoms with Gasteiger partial charge in [-0.3, -0.25) is 0 Å². The van der Waals surface area contributed by atoms with Crippen molar-refractivity contribution in [3.63, 3.8) is 0 Å². The van der Waals surface area contributed by atoms with Crippen molar-refractivity contribution in [3.8, 4) is 0 Å². The minimum atomic E-state index is -2.66. The number of rotatable bonds is 9. The van der Waals surface area contributed by atoms with Gasteiger partial charge < -0.3 is 15.4 Å². The van der Waals surface area contributed by atoms with E-state index in [0.717, 1.165) is 0 Å². The summed E-state index contributed by atoms with van der Waals surface area (Å²) in [5, 5.41) is 6.32. The van der Waals surface area contributed by atoms with Gasteiger partial charge in [0.15, 0.2) is 0 Å². The molecule has 0 aromatic carbocycles. The lowest BCUT2D eigenvalue weighted by Crippen LogP contribution is -2.39. The van der Waals surface area contributed by atoms with Gasteiger partial charge in [-0.25, -0.2) is 8.78 Å². The Balaban J connectivity index is 3.62. The van der Waals surface area contributed by atoms with E-state index in [-0.39, 0.29) is 30.5 Å². The van der Waals surface area contributed by atoms with Crippen LogP contribution in [0.1, 0.15) is 54.4 Å². The average molecular weight is 294 g/mol. The number of nitrogens with one attached hydrogen (secondary N) is 2. The van der Waals surface area contributed by atoms with E-state index in [1.807, 2.05) is 20.8 Å². The lowest BCUT2D eigenvalue weighted by molar-refractivity contribution is -0.0399. The Bertz CT molecular complexity index is 258. The van der Waals surface area contributed by atoms with Gasteiger partial charge >= 0.3 is 0 Å². The number of hydrogen-bond donors (Lipinski definition) is 2. The first-order valence-corrected chi connectivity index (χ1v) is 7.37. The highest BCUT2D eigenvalue weighted by molar-refractivity contribution is 4.74. The molecule has 20 heavy (non-hydrogen) atoms. The van der Waals surface area contributed by atoms with Crippen LogP contribution in [-0.2, 0) is 4.74 Å². The molecular weight excluding hydrogens is 262 g/mol. The predicted molar refractivity (Wildman–Crippen MR) is 80.5 cm³/mol. The quantitative estimate of drug-likeness (QED) is 0.641. The second-order valence-electron chi connectivity index (χ2n) is 7.32. The maximum absolute atomic E-state index is 13.6. The van der Waals surface area contributed by atoms with E-state index in [1.165, 1.54) is 0 Å². The zero-order valence-corrected chi connectivity index (χ0v) is 13.9. The average Bonchev–Trinajstić information content (AvgIpc) is 2.19. The molecular formula is C15H32F2N2O. The van der Waals surface area contributed by atoms with Crippen LogP contribution in [0.15, 0.2) is 0 Å². The summed E-state index contributed by atoms with van der Waals surface area (Å²) in [6.07, 6.45) is -0.359. The maximum Gasteiger partial charge on any atom is 0.251 e. The molecule has 5 heteroatoms. The summed E-state index contributed by atoms with van der Waals surface area (Å²) in [4.78, 5) is 0. The smallest absolute Gasteiger partial charge is 0.251 e. The van der Waals surface area contributed by atoms with Crippen LogP contribution in [0.2, 0.25) is 0 Å². The Labute approximate surface area is 122 Å². The van der Waals surface area contributed by atoms with Gasteiger partial charge in [0, 0.05) is 37.0 Å². The molecule has 0 aliphatic rings. The van der Waals surface area contributed by atoms with E-state index in [1.54, 1.807) is 0 Å². The fraction of sp³-hybridized carbons (Fsp3) is 1.00. The summed E-state index contributed by atoms with van der Waals surface area (Å²) >= 11 is 0. The molecule has 0 saturated heterocycles. The van der Waals surface area contributed by atoms with E-state index in [2.05, 4.69) is 31.4 Å². The van der Waals surface area contributed by atoms with Crippen LogP contribution in [0.25, 0.3) is 0 Å². The van der Waals surface area contributed by atoms with Crippen molar-refractivity contribution in [1.29, 1.82) is 0 Å². The summed E-state index contributed by atoms with van der Waals surface area (Å²) in [7, 11) is 0. The summed E-state index contributed by atoms with van der Waals surface area (Å²) in [5.41, 5.74) is -0.0862. The third-order valence-corrected chi connectivity index (χ3v) is 2.66. The third kappa shape index (κ3) is 14.2. The Kier molecular flexibility index (Phi) is 8.14. The van der Waals surface area contributed by atoms with Gasteiger partial charge in [-0.1, -0.05) is 0 Å². The normalized spacial score (nSPS) is 13.8. The van der Waals surface area contributed by atoms with Gasteiger partial charge in [-0.05, 0) is 41.5 Å². The van der Waals surface area contributed by atoms with Crippen molar-refractivity contribution in [3.05, 3.63) is 0 Å². The molecule has 0 spiro atoms. The highest BCUT2D eigenvalue weighted by Crippen LogP contribution is 2.22. The molecule has 0 radical (unpaired) electrons. The summed E-state index contributed by atoms with van der Waals surface area (Å²) in [5.74, 6) is -2.66. The van der Waals surface area contributed by atoms with Gasteiger partial charge in [0.2, 0.25) is 0 Å². The Hall–Kier alpha value is -0.260. The van der Waals surface area contributed by atoms with Crippen LogP contribution in [-0.4, -0.2) is 43.3 Å². The van der Waals surface area contributed by atoms with E-state index in [4.69, 9.17) is 4.74 Å². The lowest BCUT2D eigenvalue weighted by atomic mass is 10.1. The summed E-state index contributed by atoms with van der Waals surface area (Å²) in [6, 6.07) is 0. The fourth-order valence-corrected chi connectivity index (χ4v) is 1.57. The van der Waals surface area contributed by atoms with E-state index in [9.17, 15) is 8.78 Å². The zero-order valence-electron chi connectivity index (χ0n) is 13.9. The van der Waals surface area contributed by atoms with Crippen molar-refractivity contribution in [2.45, 2.75) is 71.4 Å². The van der Waals surface area contributed by atoms with E-state index >= 15 is 0 Å². The summed E-state index contributed by atoms with van der Waals surface area (Å²) < 4.78 is 32.4. The standard InChI is InChI=1S/C15H32F2N2O/c1-13(2,3)18-9-7-15(16,17)8-11-20-12-10-19-14(4,5)6/h18-19H,7-12H2,1-6H3. The van der Waals surface area contributed by atoms with Crippen LogP contribution in [0.5, 0.6) is 0 Å². The first-order valence-electron chi connectivity index (χ1n) is 7.37. The van der Waals surface area contributed by atoms with Gasteiger partial charge in [-0.2, -0.15) is 0 Å². The van der Waals surface area contributed by atoms with E-state index in [0.29, 0.717) is 19.7 Å². The number of halogens is 2. The molecule has 0 atom stereocenters. The Morgan fingerprint density at radius 3 is 1.75 bits per heavy atom. The van der Waals surface area contributed by atoms with Crippen LogP contribution in [0.4, 0.5) is 8.78 Å². The molecule has 2 N–H and O–H groups in total. The van der Waals surface area contributed by atoms with Crippen molar-refractivity contribution in [2.24, 2.45) is 0 Å². The minimum Gasteiger partial charge on any atom is -0.380 e. The molecule has 0 amide bonds. The first-order chi connectivity index (χ1) is 8.91. The van der Waals surface area contributed by atoms with Crippen molar-refractivity contribution >= 4 is 0 Å². The molecule has 0 aromatic heterocycles. The SMILES string of the molecule is CC(C)(C)NCCOCCC(F)(F)CCNC(C)(C)C. The number of hydrogen-bond acceptors (Lipinski definition) is 3. The van der Waals surface area contributed by atoms with E-state index < -0.39 is 5.92 Å². The van der Waals surface area contributed by atoms with Gasteiger partial charge in [0.1, 0.15) is 0 Å². The third-order valence-electron chi connectivity index (χ3n) is 2.66. The lowest BCUT2D eigenvalue weighted by Gasteiger charge is -2.23. The molecule has 0 unspecified atom stereocenters. The Morgan fingerprint density at radius 2 is 1.25 bits per heavy atom. The van der Waals surface area contributed by atoms with Crippen LogP contribution < -0.4 is 10.6 Å². The Morgan fingerprint density at radius 1 is 0.750 bits per heavy atom. The number of ether oxygens (including phenoxy) is 1. The molecule has 3 nitrogen and oxygen atoms in total. The highest BCUT2D eigenvalue weighted by atomic mass is 19.3. The number of alkyl halides is 2. The largest absolute Gasteiger partial charge is 0.380 e. The maximum atomic E-state index is 13.6. The monoisotopic (exact) mass is 294 g/mol. The van der Waals surface area contributed by atoms with Crippen molar-refractivity contribution in [2.75, 3.05) is 26.3 Å². The summed E-state index contributed by atoms with van der Waals surface area (Å²) in [6.45, 7) is 13.7. The molecule has 0 heterocycles. The molecule has 0 bridgehead atoms. The minimum absolute atomic E-state index is 0.0337. The topological polar surface area (TPSA) is 33.3 Å². The molecule has 0 aromatic rings. The molecule has 0 fully saturated rings. The van der Waals surface area contributed by atoms with Crippen LogP contribution in [0, 0.1) is 0 Å². The highest BCUT2D eigenvalue weighted by Gasteiger charge is 2.28. The first kappa shape index (κ1) is 19.7. The fourth-order valence-electron chi connectivity index (χ4n) is 1.57. The second kappa shape index (κ2) is 8.25. The molecule has 0 rings (SSSR count). The van der Waals surface area contributed by atoms with Gasteiger partial charge in [0.05, 0.1) is 13.2 Å². The van der Waals surface area contributed by atoms with Crippen LogP contribution >= 0.6 is 0 Å². The molecule has 0 saturated carbocycles. The molecule has 0 aliphatic carbocycles. The molecule has 122 valence electrons. The van der Waals surface area contributed by atoms with Crippen molar-refractivity contribution in [1.82, 2.24) is 10.6 Å². The zero-order chi connectivity index (χ0) is 15.9. The van der Waals surface area contributed by atoms with Crippen molar-refractivity contribution < 1.29 is 13.5 Å². The molecule has 0 aliphatic heterocycles. The van der Waals surface area contributed by atoms with Gasteiger partial charge in [-0.15, -0.1) is 0 Å². The van der Waals surface area contributed by atoms with Crippen LogP contribution in [0.3, 0.4) is 0 Å². The van der Waals surface area contributed by atoms with Gasteiger partial charge in [0.25, 0.3) is 5.92 Å². The second-order valence-corrected chi connectivity index (χ2v) is 7.32.